The molecule has 1 saturated heterocycles. The van der Waals surface area contributed by atoms with E-state index in [0.717, 1.165) is 52.4 Å². The van der Waals surface area contributed by atoms with Gasteiger partial charge in [-0.05, 0) is 151 Å². The number of hydrogen-bond acceptors (Lipinski definition) is 8. The van der Waals surface area contributed by atoms with Gasteiger partial charge in [0, 0.05) is 26.1 Å². The van der Waals surface area contributed by atoms with Crippen LogP contribution in [-0.4, -0.2) is 64.7 Å². The van der Waals surface area contributed by atoms with Gasteiger partial charge in [-0.1, -0.05) is 215 Å². The third-order valence-corrected chi connectivity index (χ3v) is 25.1. The molecule has 79 heavy (non-hydrogen) atoms. The molecule has 0 bridgehead atoms. The fourth-order valence-corrected chi connectivity index (χ4v) is 9.50. The van der Waals surface area contributed by atoms with Crippen LogP contribution in [-0.2, 0) is 58.9 Å². The number of esters is 2. The fourth-order valence-electron chi connectivity index (χ4n) is 7.99. The van der Waals surface area contributed by atoms with Crippen molar-refractivity contribution in [2.45, 2.75) is 229 Å². The first-order valence-corrected chi connectivity index (χ1v) is 35.0. The second-order valence-corrected chi connectivity index (χ2v) is 36.9. The molecule has 2 aliphatic carbocycles. The summed E-state index contributed by atoms with van der Waals surface area (Å²) in [4.78, 5) is 24.9. The van der Waals surface area contributed by atoms with Gasteiger partial charge in [0.25, 0.3) is 0 Å². The average Bonchev–Trinajstić information content (AvgIpc) is 3.63. The Hall–Kier alpha value is -3.88. The molecule has 0 saturated carbocycles. The maximum Gasteiger partial charge on any atom is 0.490 e. The SMILES string of the molecule is C.CC(C)(C)[Si](C)(C)O[C@H](Cc1ccc(Br)cc1)C(=O)OCc1ccccc1.CC1(C)CC=C(B2OC(C)(C)C(C)(C)O2)CC1.CC1(C)CC=C(c2ccc(C[C@@H](O)C(=O)OCc3ccccc3)cc2)CC1.C[SiH](C)C(C)(C)C. The van der Waals surface area contributed by atoms with Crippen molar-refractivity contribution in [2.24, 2.45) is 10.8 Å². The van der Waals surface area contributed by atoms with Gasteiger partial charge in [-0.3, -0.25) is 0 Å². The summed E-state index contributed by atoms with van der Waals surface area (Å²) in [5, 5.41) is 10.8. The van der Waals surface area contributed by atoms with Crippen molar-refractivity contribution >= 4 is 57.7 Å². The van der Waals surface area contributed by atoms with E-state index in [2.05, 4.69) is 163 Å². The number of allylic oxidation sites excluding steroid dienone is 4. The van der Waals surface area contributed by atoms with Gasteiger partial charge in [0.2, 0.25) is 0 Å². The predicted molar refractivity (Wildman–Crippen MR) is 341 cm³/mol. The lowest BCUT2D eigenvalue weighted by Crippen LogP contribution is -2.47. The number of aliphatic hydroxyl groups is 1. The Morgan fingerprint density at radius 3 is 1.49 bits per heavy atom. The Morgan fingerprint density at radius 2 is 1.08 bits per heavy atom. The van der Waals surface area contributed by atoms with Crippen LogP contribution < -0.4 is 0 Å². The molecule has 0 spiro atoms. The molecule has 7 rings (SSSR count). The Kier molecular flexibility index (Phi) is 26.3. The van der Waals surface area contributed by atoms with Gasteiger partial charge in [0.1, 0.15) is 19.3 Å². The van der Waals surface area contributed by atoms with Crippen molar-refractivity contribution in [3.05, 3.63) is 159 Å². The van der Waals surface area contributed by atoms with E-state index in [1.54, 1.807) is 0 Å². The maximum atomic E-state index is 12.9. The summed E-state index contributed by atoms with van der Waals surface area (Å²) in [7, 11) is -2.60. The van der Waals surface area contributed by atoms with Crippen LogP contribution in [0.1, 0.15) is 171 Å². The Labute approximate surface area is 491 Å². The standard InChI is InChI=1S/C24H28O3.C22H29BrO3Si.C14H25BO2.C6H16Si.CH4/c1-24(2)14-12-21(13-15-24)20-10-8-18(9-11-20)16-22(25)23(26)27-17-19-6-4-3-5-7-19;1-22(2,3)27(4,5)26-20(15-17-11-13-19(23)14-12-17)21(24)25-16-18-9-7-6-8-10-18;1-12(2)9-7-11(8-10-12)15-16-13(3,4)14(5,6)17-15;1-6(2,3)7(4)5;/h3-12,22,25H,13-17H2,1-2H3;6-14,20H,15-16H2,1-5H3;7H,8-10H2,1-6H3;7H,1-5H3;1H4/t22-;20-;;;/m11.../s1. The first-order valence-electron chi connectivity index (χ1n) is 28.4. The molecule has 0 amide bonds. The van der Waals surface area contributed by atoms with Crippen LogP contribution in [0.4, 0.5) is 0 Å². The maximum absolute atomic E-state index is 12.9. The van der Waals surface area contributed by atoms with Crippen molar-refractivity contribution in [3.63, 3.8) is 0 Å². The van der Waals surface area contributed by atoms with E-state index in [0.29, 0.717) is 22.3 Å². The molecule has 4 aromatic carbocycles. The Balaban J connectivity index is 0.000000298. The quantitative estimate of drug-likeness (QED) is 0.0984. The van der Waals surface area contributed by atoms with Gasteiger partial charge in [-0.15, -0.1) is 0 Å². The molecular weight excluding hydrogens is 1080 g/mol. The van der Waals surface area contributed by atoms with Gasteiger partial charge in [0.15, 0.2) is 14.4 Å². The second kappa shape index (κ2) is 29.9. The number of ether oxygens (including phenoxy) is 2. The fraction of sp³-hybridized carbons (Fsp3) is 0.552. The first-order chi connectivity index (χ1) is 36.1. The van der Waals surface area contributed by atoms with Crippen molar-refractivity contribution in [3.8, 4) is 0 Å². The summed E-state index contributed by atoms with van der Waals surface area (Å²) >= 11 is 3.45. The molecule has 8 nitrogen and oxygen atoms in total. The largest absolute Gasteiger partial charge is 0.490 e. The van der Waals surface area contributed by atoms with E-state index in [1.165, 1.54) is 29.5 Å². The minimum atomic E-state index is -2.11. The number of benzene rings is 4. The zero-order valence-electron chi connectivity index (χ0n) is 51.1. The molecule has 1 N–H and O–H groups in total. The smallest absolute Gasteiger partial charge is 0.459 e. The van der Waals surface area contributed by atoms with Crippen LogP contribution in [0, 0.1) is 10.8 Å². The van der Waals surface area contributed by atoms with Crippen LogP contribution in [0.25, 0.3) is 5.57 Å². The molecule has 1 heterocycles. The highest BCUT2D eigenvalue weighted by Crippen LogP contribution is 2.43. The van der Waals surface area contributed by atoms with Gasteiger partial charge >= 0.3 is 19.1 Å². The lowest BCUT2D eigenvalue weighted by Gasteiger charge is -2.38. The number of carbonyl (C=O) groups excluding carboxylic acids is 2. The van der Waals surface area contributed by atoms with E-state index in [9.17, 15) is 14.7 Å². The third kappa shape index (κ3) is 23.1. The summed E-state index contributed by atoms with van der Waals surface area (Å²) in [6, 6.07) is 35.3. The normalized spacial score (nSPS) is 18.0. The number of carbonyl (C=O) groups is 2. The molecule has 4 aromatic rings. The number of hydrogen-bond donors (Lipinski definition) is 1. The second-order valence-electron chi connectivity index (χ2n) is 27.2. The van der Waals surface area contributed by atoms with Crippen molar-refractivity contribution in [1.29, 1.82) is 0 Å². The molecule has 1 aliphatic heterocycles. The van der Waals surface area contributed by atoms with Crippen LogP contribution in [0.15, 0.2) is 131 Å². The lowest BCUT2D eigenvalue weighted by molar-refractivity contribution is -0.155. The first kappa shape index (κ1) is 69.4. The summed E-state index contributed by atoms with van der Waals surface area (Å²) in [5.74, 6) is -0.883. The van der Waals surface area contributed by atoms with Gasteiger partial charge in [-0.2, -0.15) is 0 Å². The zero-order chi connectivity index (χ0) is 58.3. The van der Waals surface area contributed by atoms with E-state index in [1.807, 2.05) is 97.1 Å². The molecule has 436 valence electrons. The molecular formula is C67H102BBrO8Si2. The molecule has 0 radical (unpaired) electrons. The van der Waals surface area contributed by atoms with E-state index in [-0.39, 0.29) is 65.2 Å². The van der Waals surface area contributed by atoms with Crippen LogP contribution >= 0.6 is 15.9 Å². The molecule has 12 heteroatoms. The summed E-state index contributed by atoms with van der Waals surface area (Å²) < 4.78 is 30.4. The summed E-state index contributed by atoms with van der Waals surface area (Å²) in [6.45, 7) is 40.7. The molecule has 2 atom stereocenters. The highest BCUT2D eigenvalue weighted by molar-refractivity contribution is 9.10. The van der Waals surface area contributed by atoms with E-state index < -0.39 is 26.5 Å². The Morgan fingerprint density at radius 1 is 0.646 bits per heavy atom. The highest BCUT2D eigenvalue weighted by atomic mass is 79.9. The van der Waals surface area contributed by atoms with Gasteiger partial charge < -0.3 is 28.3 Å². The van der Waals surface area contributed by atoms with Gasteiger partial charge in [-0.25, -0.2) is 9.59 Å². The van der Waals surface area contributed by atoms with Gasteiger partial charge in [0.05, 0.1) is 11.2 Å². The monoisotopic (exact) mass is 1180 g/mol. The van der Waals surface area contributed by atoms with Crippen molar-refractivity contribution in [2.75, 3.05) is 0 Å². The Bertz CT molecular complexity index is 2530. The van der Waals surface area contributed by atoms with Crippen molar-refractivity contribution in [1.82, 2.24) is 0 Å². The minimum Gasteiger partial charge on any atom is -0.459 e. The van der Waals surface area contributed by atoms with E-state index in [4.69, 9.17) is 23.2 Å². The molecule has 1 fully saturated rings. The topological polar surface area (TPSA) is 101 Å². The third-order valence-electron chi connectivity index (χ3n) is 16.6. The van der Waals surface area contributed by atoms with Crippen LogP contribution in [0.3, 0.4) is 0 Å². The van der Waals surface area contributed by atoms with Crippen LogP contribution in [0.2, 0.25) is 36.3 Å². The van der Waals surface area contributed by atoms with E-state index >= 15 is 0 Å². The molecule has 3 aliphatic rings. The van der Waals surface area contributed by atoms with Crippen LogP contribution in [0.5, 0.6) is 0 Å². The molecule has 0 aromatic heterocycles. The molecule has 0 unspecified atom stereocenters. The predicted octanol–water partition coefficient (Wildman–Crippen LogP) is 17.7. The number of rotatable bonds is 14. The number of halogens is 1. The van der Waals surface area contributed by atoms with Crippen molar-refractivity contribution < 1.29 is 37.9 Å². The summed E-state index contributed by atoms with van der Waals surface area (Å²) in [6.07, 6.45) is 10.6. The minimum absolute atomic E-state index is 0. The summed E-state index contributed by atoms with van der Waals surface area (Å²) in [5.41, 5.74) is 8.23. The number of aliphatic hydroxyl groups excluding tert-OH is 1. The average molecular weight is 1180 g/mol. The highest BCUT2D eigenvalue weighted by Gasteiger charge is 2.52. The lowest BCUT2D eigenvalue weighted by atomic mass is 9.67. The zero-order valence-corrected chi connectivity index (χ0v) is 54.9.